The summed E-state index contributed by atoms with van der Waals surface area (Å²) < 4.78 is 7.37. The van der Waals surface area contributed by atoms with Gasteiger partial charge >= 0.3 is 0 Å². The summed E-state index contributed by atoms with van der Waals surface area (Å²) in [6.45, 7) is 0.887. The molecule has 1 fully saturated rings. The van der Waals surface area contributed by atoms with Crippen molar-refractivity contribution in [1.82, 2.24) is 15.2 Å². The van der Waals surface area contributed by atoms with Gasteiger partial charge in [0.2, 0.25) is 0 Å². The first-order valence-corrected chi connectivity index (χ1v) is 6.35. The summed E-state index contributed by atoms with van der Waals surface area (Å²) in [5.41, 5.74) is 3.75. The van der Waals surface area contributed by atoms with Crippen molar-refractivity contribution >= 4 is 11.6 Å². The van der Waals surface area contributed by atoms with Gasteiger partial charge < -0.3 is 4.74 Å². The van der Waals surface area contributed by atoms with Gasteiger partial charge in [-0.05, 0) is 25.7 Å². The molecule has 1 saturated heterocycles. The number of nitrogens with one attached hydrogen (secondary N) is 1. The van der Waals surface area contributed by atoms with Gasteiger partial charge in [-0.1, -0.05) is 11.6 Å². The lowest BCUT2D eigenvalue weighted by Crippen LogP contribution is -2.30. The first-order valence-electron chi connectivity index (χ1n) is 5.97. The Kier molecular flexibility index (Phi) is 4.39. The van der Waals surface area contributed by atoms with Crippen molar-refractivity contribution in [3.05, 3.63) is 16.9 Å². The molecule has 3 N–H and O–H groups in total. The van der Waals surface area contributed by atoms with Gasteiger partial charge in [0.15, 0.2) is 0 Å². The highest BCUT2D eigenvalue weighted by Crippen LogP contribution is 2.27. The van der Waals surface area contributed by atoms with Crippen LogP contribution in [0.4, 0.5) is 0 Å². The summed E-state index contributed by atoms with van der Waals surface area (Å²) in [5.74, 6) is 5.60. The number of aromatic nitrogens is 2. The molecule has 1 aliphatic rings. The summed E-state index contributed by atoms with van der Waals surface area (Å²) in [4.78, 5) is 0. The highest BCUT2D eigenvalue weighted by molar-refractivity contribution is 6.31. The number of nitrogens with zero attached hydrogens (tertiary/aromatic N) is 2. The van der Waals surface area contributed by atoms with Gasteiger partial charge in [-0.2, -0.15) is 5.10 Å². The second-order valence-corrected chi connectivity index (χ2v) is 4.84. The van der Waals surface area contributed by atoms with Crippen molar-refractivity contribution in [3.8, 4) is 0 Å². The van der Waals surface area contributed by atoms with Gasteiger partial charge in [-0.15, -0.1) is 0 Å². The summed E-state index contributed by atoms with van der Waals surface area (Å²) in [6.07, 6.45) is 6.23. The SMILES string of the molecule is Cn1ncc(Cl)c1C(CCC1CCCO1)NN. The maximum absolute atomic E-state index is 6.10. The Labute approximate surface area is 106 Å². The number of halogens is 1. The molecule has 5 nitrogen and oxygen atoms in total. The molecule has 0 aliphatic carbocycles. The van der Waals surface area contributed by atoms with Crippen molar-refractivity contribution in [2.24, 2.45) is 12.9 Å². The third-order valence-corrected chi connectivity index (χ3v) is 3.56. The van der Waals surface area contributed by atoms with E-state index in [0.717, 1.165) is 38.0 Å². The quantitative estimate of drug-likeness (QED) is 0.621. The van der Waals surface area contributed by atoms with E-state index in [9.17, 15) is 0 Å². The van der Waals surface area contributed by atoms with Crippen LogP contribution in [0.3, 0.4) is 0 Å². The van der Waals surface area contributed by atoms with E-state index < -0.39 is 0 Å². The van der Waals surface area contributed by atoms with Crippen LogP contribution in [0.5, 0.6) is 0 Å². The molecular formula is C11H19ClN4O. The maximum atomic E-state index is 6.10. The van der Waals surface area contributed by atoms with Crippen LogP contribution in [-0.4, -0.2) is 22.5 Å². The average molecular weight is 259 g/mol. The fourth-order valence-corrected chi connectivity index (χ4v) is 2.63. The third-order valence-electron chi connectivity index (χ3n) is 3.27. The monoisotopic (exact) mass is 258 g/mol. The first-order chi connectivity index (χ1) is 8.22. The van der Waals surface area contributed by atoms with Crippen LogP contribution in [-0.2, 0) is 11.8 Å². The van der Waals surface area contributed by atoms with Crippen LogP contribution in [0.2, 0.25) is 5.02 Å². The normalized spacial score (nSPS) is 21.9. The minimum Gasteiger partial charge on any atom is -0.378 e. The van der Waals surface area contributed by atoms with Crippen LogP contribution < -0.4 is 11.3 Å². The molecule has 0 spiro atoms. The zero-order chi connectivity index (χ0) is 12.3. The highest BCUT2D eigenvalue weighted by Gasteiger charge is 2.21. The molecule has 0 aromatic carbocycles. The van der Waals surface area contributed by atoms with Crippen LogP contribution in [0.25, 0.3) is 0 Å². The van der Waals surface area contributed by atoms with Crippen molar-refractivity contribution in [2.75, 3.05) is 6.61 Å². The topological polar surface area (TPSA) is 65.1 Å². The second-order valence-electron chi connectivity index (χ2n) is 4.43. The Morgan fingerprint density at radius 3 is 3.12 bits per heavy atom. The molecule has 1 aromatic rings. The smallest absolute Gasteiger partial charge is 0.0834 e. The van der Waals surface area contributed by atoms with E-state index in [1.165, 1.54) is 0 Å². The van der Waals surface area contributed by atoms with Gasteiger partial charge in [0.1, 0.15) is 0 Å². The van der Waals surface area contributed by atoms with E-state index in [1.54, 1.807) is 10.9 Å². The van der Waals surface area contributed by atoms with Gasteiger partial charge in [0.25, 0.3) is 0 Å². The number of nitrogens with two attached hydrogens (primary N) is 1. The minimum absolute atomic E-state index is 0.0270. The highest BCUT2D eigenvalue weighted by atomic mass is 35.5. The lowest BCUT2D eigenvalue weighted by Gasteiger charge is -2.18. The molecule has 2 atom stereocenters. The summed E-state index contributed by atoms with van der Waals surface area (Å²) in [5, 5.41) is 4.78. The van der Waals surface area contributed by atoms with Gasteiger partial charge in [0, 0.05) is 13.7 Å². The number of hydrogen-bond acceptors (Lipinski definition) is 4. The third kappa shape index (κ3) is 2.98. The molecule has 2 rings (SSSR count). The standard InChI is InChI=1S/C11H19ClN4O/c1-16-11(9(12)7-14-16)10(15-13)5-4-8-3-2-6-17-8/h7-8,10,15H,2-6,13H2,1H3. The summed E-state index contributed by atoms with van der Waals surface area (Å²) >= 11 is 6.10. The molecule has 2 heterocycles. The van der Waals surface area contributed by atoms with Crippen molar-refractivity contribution in [2.45, 2.75) is 37.8 Å². The van der Waals surface area contributed by atoms with Crippen LogP contribution >= 0.6 is 11.6 Å². The Morgan fingerprint density at radius 2 is 2.59 bits per heavy atom. The molecule has 0 radical (unpaired) electrons. The number of aryl methyl sites for hydroxylation is 1. The minimum atomic E-state index is 0.0270. The molecule has 0 bridgehead atoms. The van der Waals surface area contributed by atoms with E-state index in [0.29, 0.717) is 11.1 Å². The van der Waals surface area contributed by atoms with Crippen LogP contribution in [0.15, 0.2) is 6.20 Å². The largest absolute Gasteiger partial charge is 0.378 e. The van der Waals surface area contributed by atoms with E-state index in [-0.39, 0.29) is 6.04 Å². The summed E-state index contributed by atoms with van der Waals surface area (Å²) in [6, 6.07) is 0.0270. The Balaban J connectivity index is 1.96. The fraction of sp³-hybridized carbons (Fsp3) is 0.727. The molecule has 17 heavy (non-hydrogen) atoms. The summed E-state index contributed by atoms with van der Waals surface area (Å²) in [7, 11) is 1.87. The lowest BCUT2D eigenvalue weighted by atomic mass is 10.0. The average Bonchev–Trinajstić information content (AvgIpc) is 2.93. The number of ether oxygens (including phenoxy) is 1. The Bertz CT molecular complexity index is 343. The number of rotatable bonds is 5. The second kappa shape index (κ2) is 5.82. The number of hydrogen-bond donors (Lipinski definition) is 2. The fourth-order valence-electron chi connectivity index (χ4n) is 2.34. The van der Waals surface area contributed by atoms with Crippen molar-refractivity contribution in [1.29, 1.82) is 0 Å². The van der Waals surface area contributed by atoms with Crippen LogP contribution in [0.1, 0.15) is 37.4 Å². The van der Waals surface area contributed by atoms with Gasteiger partial charge in [-0.25, -0.2) is 0 Å². The van der Waals surface area contributed by atoms with Crippen LogP contribution in [0, 0.1) is 0 Å². The van der Waals surface area contributed by atoms with Crippen molar-refractivity contribution < 1.29 is 4.74 Å². The molecule has 0 saturated carbocycles. The predicted molar refractivity (Wildman–Crippen MR) is 66.5 cm³/mol. The Morgan fingerprint density at radius 1 is 1.76 bits per heavy atom. The van der Waals surface area contributed by atoms with E-state index in [1.807, 2.05) is 7.05 Å². The molecule has 1 aromatic heterocycles. The van der Waals surface area contributed by atoms with E-state index in [4.69, 9.17) is 22.2 Å². The molecule has 0 amide bonds. The van der Waals surface area contributed by atoms with E-state index >= 15 is 0 Å². The van der Waals surface area contributed by atoms with Gasteiger partial charge in [0.05, 0.1) is 29.1 Å². The molecular weight excluding hydrogens is 240 g/mol. The zero-order valence-corrected chi connectivity index (χ0v) is 10.8. The van der Waals surface area contributed by atoms with Gasteiger partial charge in [-0.3, -0.25) is 16.0 Å². The predicted octanol–water partition coefficient (Wildman–Crippen LogP) is 1.54. The molecule has 96 valence electrons. The first kappa shape index (κ1) is 12.8. The van der Waals surface area contributed by atoms with Crippen molar-refractivity contribution in [3.63, 3.8) is 0 Å². The lowest BCUT2D eigenvalue weighted by molar-refractivity contribution is 0.0993. The number of hydrazine groups is 1. The zero-order valence-electron chi connectivity index (χ0n) is 10.0. The molecule has 6 heteroatoms. The molecule has 1 aliphatic heterocycles. The van der Waals surface area contributed by atoms with E-state index in [2.05, 4.69) is 10.5 Å². The Hall–Kier alpha value is -0.620. The maximum Gasteiger partial charge on any atom is 0.0834 e. The molecule has 2 unspecified atom stereocenters.